The maximum absolute atomic E-state index is 5.71. The second-order valence-electron chi connectivity index (χ2n) is 2.24. The maximum Gasteiger partial charge on any atom is 0.276 e. The number of allylic oxidation sites excluding steroid dienone is 1. The van der Waals surface area contributed by atoms with E-state index in [0.717, 1.165) is 15.6 Å². The summed E-state index contributed by atoms with van der Waals surface area (Å²) >= 11 is 6.71. The van der Waals surface area contributed by atoms with Gasteiger partial charge in [-0.2, -0.15) is 0 Å². The molecule has 2 nitrogen and oxygen atoms in total. The van der Waals surface area contributed by atoms with Crippen LogP contribution in [-0.2, 0) is 0 Å². The predicted octanol–water partition coefficient (Wildman–Crippen LogP) is -0.851. The number of pyridine rings is 1. The number of halogens is 3. The van der Waals surface area contributed by atoms with Crippen LogP contribution in [0.3, 0.4) is 0 Å². The van der Waals surface area contributed by atoms with Crippen LogP contribution in [0.5, 0.6) is 0 Å². The molecule has 0 aliphatic rings. The molecule has 0 unspecified atom stereocenters. The van der Waals surface area contributed by atoms with Gasteiger partial charge in [0.1, 0.15) is 6.20 Å². The lowest BCUT2D eigenvalue weighted by atomic mass is 10.4. The third-order valence-corrected chi connectivity index (χ3v) is 3.17. The van der Waals surface area contributed by atoms with Crippen LogP contribution in [0.1, 0.15) is 0 Å². The summed E-state index contributed by atoms with van der Waals surface area (Å²) in [7, 11) is 0. The normalized spacial score (nSPS) is 10.8. The molecule has 0 amide bonds. The first-order chi connectivity index (χ1) is 5.74. The molecule has 0 aromatic carbocycles. The van der Waals surface area contributed by atoms with Crippen molar-refractivity contribution < 1.29 is 21.5 Å². The molecule has 1 aromatic heterocycles. The highest BCUT2D eigenvalue weighted by molar-refractivity contribution is 9.13. The van der Waals surface area contributed by atoms with Gasteiger partial charge < -0.3 is 17.0 Å². The molecule has 1 aromatic rings. The van der Waals surface area contributed by atoms with Crippen molar-refractivity contribution in [3.63, 3.8) is 0 Å². The lowest BCUT2D eigenvalue weighted by Gasteiger charge is -1.95. The lowest BCUT2D eigenvalue weighted by molar-refractivity contribution is -0.552. The van der Waals surface area contributed by atoms with Crippen LogP contribution < -0.4 is 27.3 Å². The SMILES string of the molecule is Nc1cccc[n+]1C=C(Br)CBr.[Br-]. The smallest absolute Gasteiger partial charge is 0.276 e. The zero-order chi connectivity index (χ0) is 8.97. The van der Waals surface area contributed by atoms with Gasteiger partial charge >= 0.3 is 0 Å². The van der Waals surface area contributed by atoms with Gasteiger partial charge in [-0.05, 0) is 6.07 Å². The maximum atomic E-state index is 5.71. The number of nitrogens with zero attached hydrogens (tertiary/aromatic N) is 1. The summed E-state index contributed by atoms with van der Waals surface area (Å²) in [6.07, 6.45) is 3.82. The van der Waals surface area contributed by atoms with Crippen LogP contribution in [0.15, 0.2) is 28.9 Å². The van der Waals surface area contributed by atoms with Gasteiger partial charge in [-0.15, -0.1) is 0 Å². The number of aromatic nitrogens is 1. The average molecular weight is 373 g/mol. The Morgan fingerprint density at radius 1 is 1.54 bits per heavy atom. The first-order valence-electron chi connectivity index (χ1n) is 3.42. The summed E-state index contributed by atoms with van der Waals surface area (Å²) in [4.78, 5) is 0. The van der Waals surface area contributed by atoms with Crippen molar-refractivity contribution in [1.82, 2.24) is 0 Å². The predicted molar refractivity (Wildman–Crippen MR) is 58.0 cm³/mol. The van der Waals surface area contributed by atoms with E-state index in [1.807, 2.05) is 35.2 Å². The Balaban J connectivity index is 0.00000144. The van der Waals surface area contributed by atoms with Crippen LogP contribution >= 0.6 is 31.9 Å². The fraction of sp³-hybridized carbons (Fsp3) is 0.125. The Bertz CT molecular complexity index is 299. The Hall–Kier alpha value is 0.130. The molecule has 0 aliphatic carbocycles. The van der Waals surface area contributed by atoms with Gasteiger partial charge in [0.2, 0.25) is 0 Å². The first-order valence-corrected chi connectivity index (χ1v) is 5.33. The van der Waals surface area contributed by atoms with E-state index in [2.05, 4.69) is 31.9 Å². The highest BCUT2D eigenvalue weighted by atomic mass is 79.9. The minimum atomic E-state index is 0. The molecule has 2 N–H and O–H groups in total. The molecule has 1 rings (SSSR count). The van der Waals surface area contributed by atoms with E-state index in [1.54, 1.807) is 0 Å². The van der Waals surface area contributed by atoms with E-state index in [1.165, 1.54) is 0 Å². The zero-order valence-electron chi connectivity index (χ0n) is 6.75. The molecule has 0 aliphatic heterocycles. The van der Waals surface area contributed by atoms with Crippen LogP contribution in [0.2, 0.25) is 0 Å². The summed E-state index contributed by atoms with van der Waals surface area (Å²) in [6, 6.07) is 5.69. The van der Waals surface area contributed by atoms with E-state index in [9.17, 15) is 0 Å². The van der Waals surface area contributed by atoms with Crippen LogP contribution in [0.4, 0.5) is 5.82 Å². The zero-order valence-corrected chi connectivity index (χ0v) is 11.5. The molecule has 0 saturated carbocycles. The van der Waals surface area contributed by atoms with Crippen molar-refractivity contribution in [3.05, 3.63) is 28.9 Å². The fourth-order valence-electron chi connectivity index (χ4n) is 0.772. The molecular weight excluding hydrogens is 364 g/mol. The monoisotopic (exact) mass is 370 g/mol. The Morgan fingerprint density at radius 2 is 2.23 bits per heavy atom. The van der Waals surface area contributed by atoms with Crippen molar-refractivity contribution in [2.75, 3.05) is 11.1 Å². The van der Waals surface area contributed by atoms with Crippen molar-refractivity contribution in [3.8, 4) is 0 Å². The van der Waals surface area contributed by atoms with Gasteiger partial charge in [0.25, 0.3) is 5.82 Å². The van der Waals surface area contributed by atoms with Crippen molar-refractivity contribution in [2.45, 2.75) is 0 Å². The van der Waals surface area contributed by atoms with Gasteiger partial charge in [-0.3, -0.25) is 5.73 Å². The summed E-state index contributed by atoms with van der Waals surface area (Å²) in [6.45, 7) is 0. The van der Waals surface area contributed by atoms with E-state index < -0.39 is 0 Å². The van der Waals surface area contributed by atoms with E-state index in [4.69, 9.17) is 5.73 Å². The van der Waals surface area contributed by atoms with E-state index in [0.29, 0.717) is 0 Å². The van der Waals surface area contributed by atoms with Gasteiger partial charge in [0.15, 0.2) is 0 Å². The molecule has 0 fully saturated rings. The van der Waals surface area contributed by atoms with Crippen LogP contribution in [-0.4, -0.2) is 5.33 Å². The van der Waals surface area contributed by atoms with E-state index in [-0.39, 0.29) is 17.0 Å². The molecule has 0 spiro atoms. The van der Waals surface area contributed by atoms with Crippen molar-refractivity contribution in [2.24, 2.45) is 0 Å². The molecule has 0 bridgehead atoms. The second-order valence-corrected chi connectivity index (χ2v) is 3.82. The third kappa shape index (κ3) is 4.24. The number of hydrogen-bond donors (Lipinski definition) is 1. The molecule has 72 valence electrons. The number of hydrogen-bond acceptors (Lipinski definition) is 1. The molecule has 0 radical (unpaired) electrons. The molecular formula is C8H9Br3N2. The summed E-state index contributed by atoms with van der Waals surface area (Å²) in [5, 5.41) is 0.786. The van der Waals surface area contributed by atoms with Crippen molar-refractivity contribution >= 4 is 43.9 Å². The minimum Gasteiger partial charge on any atom is -1.00 e. The Labute approximate surface area is 105 Å². The molecule has 13 heavy (non-hydrogen) atoms. The van der Waals surface area contributed by atoms with Crippen LogP contribution in [0, 0.1) is 0 Å². The van der Waals surface area contributed by atoms with Crippen LogP contribution in [0.25, 0.3) is 6.20 Å². The third-order valence-electron chi connectivity index (χ3n) is 1.33. The minimum absolute atomic E-state index is 0. The number of rotatable bonds is 2. The summed E-state index contributed by atoms with van der Waals surface area (Å²) in [5.41, 5.74) is 5.71. The standard InChI is InChI=1S/C8H8Br2N2.BrH/c9-5-7(10)6-12-4-2-1-3-8(12)11;/h1-4,6,11H,5H2;1H. The fourth-order valence-corrected chi connectivity index (χ4v) is 1.14. The first kappa shape index (κ1) is 13.1. The molecule has 1 heterocycles. The Kier molecular flexibility index (Phi) is 6.63. The molecule has 0 saturated heterocycles. The van der Waals surface area contributed by atoms with Gasteiger partial charge in [-0.1, -0.05) is 37.9 Å². The van der Waals surface area contributed by atoms with Crippen molar-refractivity contribution in [1.29, 1.82) is 0 Å². The summed E-state index contributed by atoms with van der Waals surface area (Å²) < 4.78 is 2.90. The number of alkyl halides is 1. The highest BCUT2D eigenvalue weighted by Crippen LogP contribution is 2.07. The summed E-state index contributed by atoms with van der Waals surface area (Å²) in [5.74, 6) is 0.718. The van der Waals surface area contributed by atoms with Gasteiger partial charge in [-0.25, -0.2) is 4.57 Å². The quantitative estimate of drug-likeness (QED) is 0.532. The number of nitrogen functional groups attached to an aromatic ring is 1. The Morgan fingerprint density at radius 3 is 2.77 bits per heavy atom. The van der Waals surface area contributed by atoms with E-state index >= 15 is 0 Å². The van der Waals surface area contributed by atoms with Gasteiger partial charge in [0, 0.05) is 15.9 Å². The molecule has 0 atom stereocenters. The number of anilines is 1. The average Bonchev–Trinajstić information content (AvgIpc) is 2.09. The topological polar surface area (TPSA) is 29.9 Å². The second kappa shape index (κ2) is 6.56. The highest BCUT2D eigenvalue weighted by Gasteiger charge is 1.99. The van der Waals surface area contributed by atoms with Gasteiger partial charge in [0.05, 0.1) is 6.20 Å². The lowest BCUT2D eigenvalue weighted by Crippen LogP contribution is -3.00. The number of nitrogens with two attached hydrogens (primary N) is 1. The molecule has 5 heteroatoms. The largest absolute Gasteiger partial charge is 1.00 e.